The number of carbonyl (C=O) groups is 2. The molecule has 0 radical (unpaired) electrons. The fourth-order valence-electron chi connectivity index (χ4n) is 3.33. The number of fused-ring (bicyclic) bond motifs is 1. The van der Waals surface area contributed by atoms with Crippen molar-refractivity contribution < 1.29 is 23.3 Å². The number of esters is 1. The van der Waals surface area contributed by atoms with Crippen LogP contribution >= 0.6 is 11.6 Å². The van der Waals surface area contributed by atoms with Gasteiger partial charge in [0, 0.05) is 18.0 Å². The molecule has 0 aliphatic carbocycles. The van der Waals surface area contributed by atoms with E-state index < -0.39 is 17.7 Å². The first-order valence-corrected chi connectivity index (χ1v) is 9.68. The van der Waals surface area contributed by atoms with Gasteiger partial charge in [-0.3, -0.25) is 4.79 Å². The molecule has 3 rings (SSSR count). The van der Waals surface area contributed by atoms with E-state index >= 15 is 0 Å². The molecule has 29 heavy (non-hydrogen) atoms. The highest BCUT2D eigenvalue weighted by Gasteiger charge is 2.24. The van der Waals surface area contributed by atoms with Crippen LogP contribution in [-0.2, 0) is 22.6 Å². The van der Waals surface area contributed by atoms with E-state index in [0.29, 0.717) is 12.1 Å². The number of nitrogens with one attached hydrogen (secondary N) is 1. The van der Waals surface area contributed by atoms with Gasteiger partial charge in [-0.2, -0.15) is 0 Å². The number of ether oxygens (including phenoxy) is 1. The summed E-state index contributed by atoms with van der Waals surface area (Å²) < 4.78 is 22.9. The molecule has 0 spiro atoms. The van der Waals surface area contributed by atoms with Gasteiger partial charge in [-0.25, -0.2) is 18.3 Å². The third-order valence-corrected chi connectivity index (χ3v) is 4.91. The average Bonchev–Trinajstić information content (AvgIpc) is 2.94. The number of imidazole rings is 1. The number of amides is 1. The van der Waals surface area contributed by atoms with Crippen LogP contribution in [0.15, 0.2) is 36.4 Å². The Bertz CT molecular complexity index is 1090. The second-order valence-electron chi connectivity index (χ2n) is 6.47. The molecule has 0 atom stereocenters. The molecule has 8 heteroatoms. The van der Waals surface area contributed by atoms with Crippen LogP contribution in [0.4, 0.5) is 10.1 Å². The van der Waals surface area contributed by atoms with Gasteiger partial charge in [-0.1, -0.05) is 11.6 Å². The van der Waals surface area contributed by atoms with Crippen molar-refractivity contribution in [2.45, 2.75) is 33.9 Å². The van der Waals surface area contributed by atoms with E-state index in [1.807, 2.05) is 24.5 Å². The van der Waals surface area contributed by atoms with Crippen LogP contribution in [-0.4, -0.2) is 23.1 Å². The summed E-state index contributed by atoms with van der Waals surface area (Å²) in [5.41, 5.74) is 2.08. The summed E-state index contributed by atoms with van der Waals surface area (Å²) >= 11 is 5.75. The lowest BCUT2D eigenvalue weighted by Gasteiger charge is -2.06. The van der Waals surface area contributed by atoms with E-state index in [9.17, 15) is 14.0 Å². The van der Waals surface area contributed by atoms with Crippen molar-refractivity contribution in [1.82, 2.24) is 4.57 Å². The monoisotopic (exact) mass is 418 g/mol. The molecule has 1 heterocycles. The van der Waals surface area contributed by atoms with Crippen LogP contribution in [0.25, 0.3) is 11.0 Å². The largest absolute Gasteiger partial charge is 0.462 e. The van der Waals surface area contributed by atoms with Crippen LogP contribution in [0.1, 0.15) is 30.0 Å². The van der Waals surface area contributed by atoms with E-state index in [0.717, 1.165) is 22.9 Å². The van der Waals surface area contributed by atoms with Crippen molar-refractivity contribution in [2.75, 3.05) is 11.9 Å². The molecule has 1 N–H and O–H groups in total. The Morgan fingerprint density at radius 1 is 1.21 bits per heavy atom. The first kappa shape index (κ1) is 20.8. The van der Waals surface area contributed by atoms with Crippen molar-refractivity contribution in [3.8, 4) is 0 Å². The lowest BCUT2D eigenvalue weighted by atomic mass is 10.2. The smallest absolute Gasteiger partial charge is 0.338 e. The zero-order valence-electron chi connectivity index (χ0n) is 16.5. The normalized spacial score (nSPS) is 10.9. The summed E-state index contributed by atoms with van der Waals surface area (Å²) in [5.74, 6) is -0.574. The van der Waals surface area contributed by atoms with Gasteiger partial charge in [-0.15, -0.1) is 0 Å². The molecule has 1 aromatic heterocycles. The fraction of sp³-hybridized carbons (Fsp3) is 0.286. The lowest BCUT2D eigenvalue weighted by molar-refractivity contribution is -0.674. The van der Waals surface area contributed by atoms with Gasteiger partial charge in [0.1, 0.15) is 5.82 Å². The Hall–Kier alpha value is -2.93. The number of aromatic nitrogens is 2. The van der Waals surface area contributed by atoms with Crippen LogP contribution < -0.4 is 9.88 Å². The summed E-state index contributed by atoms with van der Waals surface area (Å²) in [6.07, 6.45) is 0. The average molecular weight is 419 g/mol. The van der Waals surface area contributed by atoms with E-state index in [1.165, 1.54) is 12.1 Å². The van der Waals surface area contributed by atoms with Gasteiger partial charge in [-0.05, 0) is 44.2 Å². The molecule has 2 aromatic carbocycles. The molecule has 0 fully saturated rings. The third kappa shape index (κ3) is 4.24. The van der Waals surface area contributed by atoms with Gasteiger partial charge in [0.25, 0.3) is 11.7 Å². The van der Waals surface area contributed by atoms with Crippen molar-refractivity contribution >= 4 is 40.2 Å². The number of aryl methyl sites for hydroxylation is 1. The predicted molar refractivity (Wildman–Crippen MR) is 109 cm³/mol. The molecule has 1 amide bonds. The maximum Gasteiger partial charge on any atom is 0.338 e. The molecular formula is C21H22ClFN3O3+. The second kappa shape index (κ2) is 8.61. The van der Waals surface area contributed by atoms with E-state index in [2.05, 4.69) is 5.32 Å². The maximum atomic E-state index is 14.0. The minimum atomic E-state index is -0.604. The van der Waals surface area contributed by atoms with Crippen LogP contribution in [0.5, 0.6) is 0 Å². The Kier molecular flexibility index (Phi) is 6.17. The van der Waals surface area contributed by atoms with Crippen molar-refractivity contribution in [3.63, 3.8) is 0 Å². The van der Waals surface area contributed by atoms with Crippen LogP contribution in [0.3, 0.4) is 0 Å². The van der Waals surface area contributed by atoms with Crippen molar-refractivity contribution in [1.29, 1.82) is 0 Å². The van der Waals surface area contributed by atoms with Gasteiger partial charge >= 0.3 is 5.97 Å². The Morgan fingerprint density at radius 2 is 1.97 bits per heavy atom. The number of nitrogens with zero attached hydrogens (tertiary/aromatic N) is 2. The summed E-state index contributed by atoms with van der Waals surface area (Å²) in [5, 5.41) is 2.82. The maximum absolute atomic E-state index is 14.0. The minimum Gasteiger partial charge on any atom is -0.462 e. The van der Waals surface area contributed by atoms with Crippen molar-refractivity contribution in [2.24, 2.45) is 0 Å². The Morgan fingerprint density at radius 3 is 2.62 bits per heavy atom. The van der Waals surface area contributed by atoms with Gasteiger partial charge in [0.15, 0.2) is 17.6 Å². The molecule has 0 saturated carbocycles. The van der Waals surface area contributed by atoms with Gasteiger partial charge in [0.2, 0.25) is 0 Å². The SMILES string of the molecule is CCOC(=O)c1ccc2c(c1)n(CC(=O)Nc1ccc(Cl)cc1F)c(C)[n+]2CC. The Labute approximate surface area is 172 Å². The summed E-state index contributed by atoms with van der Waals surface area (Å²) in [7, 11) is 0. The molecule has 0 bridgehead atoms. The van der Waals surface area contributed by atoms with E-state index in [-0.39, 0.29) is 23.9 Å². The van der Waals surface area contributed by atoms with Crippen LogP contribution in [0.2, 0.25) is 5.02 Å². The number of rotatable bonds is 6. The molecule has 0 saturated heterocycles. The fourth-order valence-corrected chi connectivity index (χ4v) is 3.49. The highest BCUT2D eigenvalue weighted by atomic mass is 35.5. The molecule has 3 aromatic rings. The van der Waals surface area contributed by atoms with E-state index in [1.54, 1.807) is 23.6 Å². The molecular weight excluding hydrogens is 397 g/mol. The highest BCUT2D eigenvalue weighted by molar-refractivity contribution is 6.30. The van der Waals surface area contributed by atoms with E-state index in [4.69, 9.17) is 16.3 Å². The highest BCUT2D eigenvalue weighted by Crippen LogP contribution is 2.20. The molecule has 0 aliphatic heterocycles. The minimum absolute atomic E-state index is 0.0380. The molecule has 0 aliphatic rings. The van der Waals surface area contributed by atoms with Gasteiger partial charge in [0.05, 0.1) is 24.4 Å². The van der Waals surface area contributed by atoms with Crippen LogP contribution in [0, 0.1) is 12.7 Å². The predicted octanol–water partition coefficient (Wildman–Crippen LogP) is 3.87. The standard InChI is InChI=1S/C21H21ClFN3O3/c1-4-25-13(3)26(12-20(27)24-17-8-7-15(22)11-16(17)23)19-10-14(6-9-18(19)25)21(28)29-5-2/h6-11H,4-5,12H2,1-3H3/p+1. The number of hydrogen-bond acceptors (Lipinski definition) is 3. The first-order chi connectivity index (χ1) is 13.8. The second-order valence-corrected chi connectivity index (χ2v) is 6.91. The van der Waals surface area contributed by atoms with Gasteiger partial charge < -0.3 is 10.1 Å². The topological polar surface area (TPSA) is 64.2 Å². The third-order valence-electron chi connectivity index (χ3n) is 4.67. The number of anilines is 1. The zero-order valence-corrected chi connectivity index (χ0v) is 17.2. The number of benzene rings is 2. The quantitative estimate of drug-likeness (QED) is 0.488. The summed E-state index contributed by atoms with van der Waals surface area (Å²) in [6, 6.07) is 9.33. The number of carbonyl (C=O) groups excluding carboxylic acids is 2. The molecule has 152 valence electrons. The van der Waals surface area contributed by atoms with Crippen molar-refractivity contribution in [3.05, 3.63) is 58.6 Å². The lowest BCUT2D eigenvalue weighted by Crippen LogP contribution is -2.35. The summed E-state index contributed by atoms with van der Waals surface area (Å²) in [4.78, 5) is 24.7. The number of halogens is 2. The summed E-state index contributed by atoms with van der Waals surface area (Å²) in [6.45, 7) is 6.57. The molecule has 6 nitrogen and oxygen atoms in total. The molecule has 0 unspecified atom stereocenters. The Balaban J connectivity index is 1.96. The zero-order chi connectivity index (χ0) is 21.1. The first-order valence-electron chi connectivity index (χ1n) is 9.30. The number of hydrogen-bond donors (Lipinski definition) is 1.